The van der Waals surface area contributed by atoms with Crippen LogP contribution in [0.25, 0.3) is 0 Å². The molecule has 0 saturated carbocycles. The van der Waals surface area contributed by atoms with Gasteiger partial charge in [0.05, 0.1) is 25.4 Å². The molecule has 0 radical (unpaired) electrons. The molecule has 4 saturated heterocycles. The van der Waals surface area contributed by atoms with Gasteiger partial charge >= 0.3 is 0 Å². The summed E-state index contributed by atoms with van der Waals surface area (Å²) in [6.07, 6.45) is -26.8. The molecule has 0 unspecified atom stereocenters. The number of aliphatic hydroxyl groups excluding tert-OH is 10. The maximum Gasteiger partial charge on any atom is 0.187 e. The Morgan fingerprint density at radius 2 is 1.00 bits per heavy atom. The van der Waals surface area contributed by atoms with Crippen molar-refractivity contribution in [2.45, 2.75) is 124 Å². The van der Waals surface area contributed by atoms with Crippen molar-refractivity contribution in [1.82, 2.24) is 0 Å². The van der Waals surface area contributed by atoms with Crippen molar-refractivity contribution in [3.63, 3.8) is 0 Å². The largest absolute Gasteiger partial charge is 0.388 e. The second kappa shape index (κ2) is 12.7. The maximum absolute atomic E-state index is 10.8. The lowest BCUT2D eigenvalue weighted by atomic mass is 9.98. The Kier molecular flexibility index (Phi) is 10.2. The van der Waals surface area contributed by atoms with Gasteiger partial charge in [0.1, 0.15) is 73.2 Å². The highest BCUT2D eigenvalue weighted by Gasteiger charge is 2.52. The standard InChI is InChI=1S/C22H38O17/c1-5-9(25)11(27)13(29)21(35-5)38-17-8(24)4-34-20(15(17)31)37-16-6(2)36-22(14(30)12(16)28)39-18-10(26)7(23)3-33-19(18)32/h5-32H,3-4H2,1-2H3/t5-,6-,7-,8+,9-,10-,11+,12-,13+,14+,15+,16-,17+,18+,19-,20-,21-,22-/m0/s1. The van der Waals surface area contributed by atoms with Crippen molar-refractivity contribution in [2.24, 2.45) is 0 Å². The van der Waals surface area contributed by atoms with E-state index in [4.69, 9.17) is 33.2 Å². The summed E-state index contributed by atoms with van der Waals surface area (Å²) >= 11 is 0. The molecule has 228 valence electrons. The number of hydrogen-bond acceptors (Lipinski definition) is 17. The van der Waals surface area contributed by atoms with Crippen LogP contribution in [0.3, 0.4) is 0 Å². The number of aliphatic hydroxyl groups is 10. The van der Waals surface area contributed by atoms with Crippen molar-refractivity contribution < 1.29 is 84.2 Å². The van der Waals surface area contributed by atoms with E-state index in [0.717, 1.165) is 0 Å². The van der Waals surface area contributed by atoms with Crippen LogP contribution in [0.4, 0.5) is 0 Å². The minimum absolute atomic E-state index is 0.346. The first kappa shape index (κ1) is 31.3. The quantitative estimate of drug-likeness (QED) is 0.141. The van der Waals surface area contributed by atoms with Crippen molar-refractivity contribution in [1.29, 1.82) is 0 Å². The highest BCUT2D eigenvalue weighted by atomic mass is 16.8. The molecule has 0 aromatic carbocycles. The zero-order valence-corrected chi connectivity index (χ0v) is 21.1. The van der Waals surface area contributed by atoms with Gasteiger partial charge in [-0.05, 0) is 13.8 Å². The number of rotatable bonds is 6. The molecule has 4 aliphatic rings. The topological polar surface area (TPSA) is 267 Å². The third kappa shape index (κ3) is 6.40. The van der Waals surface area contributed by atoms with Gasteiger partial charge in [-0.15, -0.1) is 0 Å². The summed E-state index contributed by atoms with van der Waals surface area (Å²) in [5, 5.41) is 102. The fourth-order valence-electron chi connectivity index (χ4n) is 4.88. The summed E-state index contributed by atoms with van der Waals surface area (Å²) in [5.74, 6) is 0. The van der Waals surface area contributed by atoms with Gasteiger partial charge in [0.2, 0.25) is 0 Å². The van der Waals surface area contributed by atoms with Crippen molar-refractivity contribution >= 4 is 0 Å². The highest BCUT2D eigenvalue weighted by Crippen LogP contribution is 2.32. The van der Waals surface area contributed by atoms with Crippen LogP contribution in [0, 0.1) is 0 Å². The molecule has 4 rings (SSSR count). The van der Waals surface area contributed by atoms with Gasteiger partial charge in [-0.25, -0.2) is 0 Å². The van der Waals surface area contributed by atoms with Gasteiger partial charge in [-0.1, -0.05) is 0 Å². The number of ether oxygens (including phenoxy) is 7. The Labute approximate surface area is 222 Å². The van der Waals surface area contributed by atoms with E-state index in [1.165, 1.54) is 13.8 Å². The first-order valence-corrected chi connectivity index (χ1v) is 12.6. The highest BCUT2D eigenvalue weighted by molar-refractivity contribution is 4.94. The first-order chi connectivity index (χ1) is 18.3. The SMILES string of the molecule is C[C@@H]1O[C@@H](O[C@H]2[C@@H](O)[C@H](O[C@@H]3[C@@H](O)[C@@H](O)[C@H](O[C@@H]4[C@@H](O)[C@@H](O)CO[C@@H]4O)O[C@H]3C)OC[C@H]2O)[C@H](O)[C@H](O)[C@H]1O. The minimum atomic E-state index is -1.79. The van der Waals surface area contributed by atoms with Crippen LogP contribution in [0.15, 0.2) is 0 Å². The molecule has 39 heavy (non-hydrogen) atoms. The fraction of sp³-hybridized carbons (Fsp3) is 1.00. The summed E-state index contributed by atoms with van der Waals surface area (Å²) in [5.41, 5.74) is 0. The summed E-state index contributed by atoms with van der Waals surface area (Å²) in [6.45, 7) is 2.11. The van der Waals surface area contributed by atoms with E-state index in [1.807, 2.05) is 0 Å². The predicted octanol–water partition coefficient (Wildman–Crippen LogP) is -6.42. The van der Waals surface area contributed by atoms with Gasteiger partial charge < -0.3 is 84.2 Å². The maximum atomic E-state index is 10.8. The predicted molar refractivity (Wildman–Crippen MR) is 119 cm³/mol. The molecular weight excluding hydrogens is 536 g/mol. The molecule has 0 amide bonds. The van der Waals surface area contributed by atoms with Crippen LogP contribution in [0.1, 0.15) is 13.8 Å². The molecule has 0 spiro atoms. The van der Waals surface area contributed by atoms with E-state index in [1.54, 1.807) is 0 Å². The van der Waals surface area contributed by atoms with Crippen LogP contribution in [0.5, 0.6) is 0 Å². The zero-order valence-electron chi connectivity index (χ0n) is 21.1. The lowest BCUT2D eigenvalue weighted by Gasteiger charge is -2.47. The summed E-state index contributed by atoms with van der Waals surface area (Å²) < 4.78 is 37.8. The van der Waals surface area contributed by atoms with Crippen LogP contribution in [-0.2, 0) is 33.2 Å². The zero-order chi connectivity index (χ0) is 28.8. The van der Waals surface area contributed by atoms with Crippen LogP contribution >= 0.6 is 0 Å². The summed E-state index contributed by atoms with van der Waals surface area (Å²) in [6, 6.07) is 0. The second-order valence-electron chi connectivity index (χ2n) is 10.2. The normalized spacial score (nSPS) is 55.4. The van der Waals surface area contributed by atoms with Crippen LogP contribution < -0.4 is 0 Å². The van der Waals surface area contributed by atoms with E-state index >= 15 is 0 Å². The molecule has 0 aromatic heterocycles. The molecule has 4 heterocycles. The lowest BCUT2D eigenvalue weighted by molar-refractivity contribution is -0.376. The van der Waals surface area contributed by atoms with Crippen molar-refractivity contribution in [3.8, 4) is 0 Å². The molecule has 17 heteroatoms. The monoisotopic (exact) mass is 574 g/mol. The van der Waals surface area contributed by atoms with E-state index in [9.17, 15) is 51.1 Å². The third-order valence-electron chi connectivity index (χ3n) is 7.33. The van der Waals surface area contributed by atoms with Crippen LogP contribution in [-0.4, -0.2) is 175 Å². The second-order valence-corrected chi connectivity index (χ2v) is 10.2. The summed E-state index contributed by atoms with van der Waals surface area (Å²) in [7, 11) is 0. The van der Waals surface area contributed by atoms with Gasteiger partial charge in [0.15, 0.2) is 25.2 Å². The lowest BCUT2D eigenvalue weighted by Crippen LogP contribution is -2.65. The minimum Gasteiger partial charge on any atom is -0.388 e. The average molecular weight is 575 g/mol. The smallest absolute Gasteiger partial charge is 0.187 e. The van der Waals surface area contributed by atoms with Crippen molar-refractivity contribution in [3.05, 3.63) is 0 Å². The Bertz CT molecular complexity index is 792. The molecule has 0 bridgehead atoms. The van der Waals surface area contributed by atoms with Gasteiger partial charge in [0.25, 0.3) is 0 Å². The van der Waals surface area contributed by atoms with Gasteiger partial charge in [-0.3, -0.25) is 0 Å². The molecule has 0 aliphatic carbocycles. The third-order valence-corrected chi connectivity index (χ3v) is 7.33. The van der Waals surface area contributed by atoms with Gasteiger partial charge in [0, 0.05) is 0 Å². The molecule has 18 atom stereocenters. The molecule has 17 nitrogen and oxygen atoms in total. The van der Waals surface area contributed by atoms with E-state index < -0.39 is 117 Å². The number of hydrogen-bond donors (Lipinski definition) is 10. The Hall–Kier alpha value is -0.680. The molecular formula is C22H38O17. The van der Waals surface area contributed by atoms with Crippen molar-refractivity contribution in [2.75, 3.05) is 13.2 Å². The Morgan fingerprint density at radius 3 is 1.67 bits per heavy atom. The molecule has 4 fully saturated rings. The summed E-state index contributed by atoms with van der Waals surface area (Å²) in [4.78, 5) is 0. The van der Waals surface area contributed by atoms with Gasteiger partial charge in [-0.2, -0.15) is 0 Å². The van der Waals surface area contributed by atoms with E-state index in [2.05, 4.69) is 0 Å². The molecule has 4 aliphatic heterocycles. The fourth-order valence-corrected chi connectivity index (χ4v) is 4.88. The first-order valence-electron chi connectivity index (χ1n) is 12.6. The Balaban J connectivity index is 1.38. The molecule has 10 N–H and O–H groups in total. The molecule has 0 aromatic rings. The van der Waals surface area contributed by atoms with E-state index in [-0.39, 0.29) is 6.61 Å². The van der Waals surface area contributed by atoms with Crippen LogP contribution in [0.2, 0.25) is 0 Å². The van der Waals surface area contributed by atoms with E-state index in [0.29, 0.717) is 0 Å². The Morgan fingerprint density at radius 1 is 0.462 bits per heavy atom. The average Bonchev–Trinajstić information content (AvgIpc) is 2.90.